The van der Waals surface area contributed by atoms with Gasteiger partial charge < -0.3 is 0 Å². The van der Waals surface area contributed by atoms with Crippen molar-refractivity contribution in [3.8, 4) is 0 Å². The highest BCUT2D eigenvalue weighted by molar-refractivity contribution is 7.92. The third kappa shape index (κ3) is 2.97. The van der Waals surface area contributed by atoms with Gasteiger partial charge in [-0.3, -0.25) is 9.58 Å². The van der Waals surface area contributed by atoms with Gasteiger partial charge in [0.05, 0.1) is 17.2 Å². The highest BCUT2D eigenvalue weighted by Gasteiger charge is 2.67. The molecule has 5 aliphatic rings. The van der Waals surface area contributed by atoms with Gasteiger partial charge >= 0.3 is 6.18 Å². The minimum absolute atomic E-state index is 0.00758. The molecule has 9 heteroatoms. The van der Waals surface area contributed by atoms with E-state index in [9.17, 15) is 21.6 Å². The van der Waals surface area contributed by atoms with Crippen LogP contribution < -0.4 is 0 Å². The van der Waals surface area contributed by atoms with Gasteiger partial charge in [0.25, 0.3) is 0 Å². The summed E-state index contributed by atoms with van der Waals surface area (Å²) in [5.74, 6) is 2.06. The van der Waals surface area contributed by atoms with E-state index in [0.717, 1.165) is 38.0 Å². The van der Waals surface area contributed by atoms with E-state index < -0.39 is 21.4 Å². The predicted octanol–water partition coefficient (Wildman–Crippen LogP) is 3.67. The van der Waals surface area contributed by atoms with Crippen molar-refractivity contribution in [3.63, 3.8) is 0 Å². The number of sulfone groups is 1. The van der Waals surface area contributed by atoms with Gasteiger partial charge in [0.15, 0.2) is 9.84 Å². The lowest BCUT2D eigenvalue weighted by atomic mass is 9.91. The van der Waals surface area contributed by atoms with E-state index >= 15 is 0 Å². The van der Waals surface area contributed by atoms with E-state index in [-0.39, 0.29) is 30.0 Å². The van der Waals surface area contributed by atoms with Crippen LogP contribution >= 0.6 is 0 Å². The molecule has 31 heavy (non-hydrogen) atoms. The van der Waals surface area contributed by atoms with Crippen molar-refractivity contribution in [3.05, 3.63) is 17.5 Å². The second-order valence-electron chi connectivity index (χ2n) is 11.3. The highest BCUT2D eigenvalue weighted by Crippen LogP contribution is 2.66. The van der Waals surface area contributed by atoms with Crippen molar-refractivity contribution in [1.29, 1.82) is 0 Å². The number of rotatable bonds is 4. The molecule has 1 spiro atoms. The maximum atomic E-state index is 13.6. The Hall–Kier alpha value is -1.09. The predicted molar refractivity (Wildman–Crippen MR) is 110 cm³/mol. The molecule has 5 fully saturated rings. The molecule has 172 valence electrons. The van der Waals surface area contributed by atoms with Gasteiger partial charge in [-0.15, -0.1) is 0 Å². The lowest BCUT2D eigenvalue weighted by Gasteiger charge is -2.38. The zero-order chi connectivity index (χ0) is 22.0. The summed E-state index contributed by atoms with van der Waals surface area (Å²) in [5.41, 5.74) is -0.511. The summed E-state index contributed by atoms with van der Waals surface area (Å²) in [6.07, 6.45) is -0.813. The quantitative estimate of drug-likeness (QED) is 0.692. The molecule has 3 saturated carbocycles. The van der Waals surface area contributed by atoms with E-state index in [0.29, 0.717) is 35.3 Å². The van der Waals surface area contributed by atoms with Crippen LogP contribution in [0, 0.1) is 17.3 Å². The number of fused-ring (bicyclic) bond motifs is 1. The molecule has 5 nitrogen and oxygen atoms in total. The van der Waals surface area contributed by atoms with Gasteiger partial charge in [-0.05, 0) is 70.4 Å². The second-order valence-corrected chi connectivity index (χ2v) is 13.4. The molecule has 0 bridgehead atoms. The minimum atomic E-state index is -4.23. The number of hydrogen-bond acceptors (Lipinski definition) is 4. The van der Waals surface area contributed by atoms with Gasteiger partial charge in [-0.1, -0.05) is 0 Å². The van der Waals surface area contributed by atoms with Gasteiger partial charge in [-0.2, -0.15) is 18.3 Å². The molecular formula is C22H30F3N3O2S. The smallest absolute Gasteiger partial charge is 0.300 e. The fourth-order valence-electron chi connectivity index (χ4n) is 7.07. The van der Waals surface area contributed by atoms with E-state index in [2.05, 4.69) is 10.00 Å². The van der Waals surface area contributed by atoms with E-state index in [1.807, 2.05) is 18.5 Å². The van der Waals surface area contributed by atoms with E-state index in [1.165, 1.54) is 0 Å². The van der Waals surface area contributed by atoms with Crippen molar-refractivity contribution < 1.29 is 21.6 Å². The summed E-state index contributed by atoms with van der Waals surface area (Å²) in [6.45, 7) is 5.85. The maximum absolute atomic E-state index is 13.6. The summed E-state index contributed by atoms with van der Waals surface area (Å²) in [7, 11) is -2.81. The molecule has 3 aliphatic carbocycles. The Morgan fingerprint density at radius 2 is 1.77 bits per heavy atom. The van der Waals surface area contributed by atoms with Crippen LogP contribution in [0.3, 0.4) is 0 Å². The third-order valence-electron chi connectivity index (χ3n) is 8.83. The number of alkyl halides is 3. The number of halogens is 3. The molecule has 1 aromatic heterocycles. The average Bonchev–Trinajstić information content (AvgIpc) is 3.37. The molecule has 0 radical (unpaired) electrons. The molecule has 2 saturated heterocycles. The zero-order valence-electron chi connectivity index (χ0n) is 18.0. The lowest BCUT2D eigenvalue weighted by Crippen LogP contribution is -2.50. The van der Waals surface area contributed by atoms with Crippen molar-refractivity contribution in [2.24, 2.45) is 17.3 Å². The SMILES string of the molecule is CC(C)n1nc(C2(C(F)(F)F)CC2)cc1C1[C@H]2CC(N3CCC4(C3)CS(=O)(=O)C4)C[C@@H]12. The van der Waals surface area contributed by atoms with E-state index in [1.54, 1.807) is 6.07 Å². The fraction of sp³-hybridized carbons (Fsp3) is 0.864. The van der Waals surface area contributed by atoms with E-state index in [4.69, 9.17) is 0 Å². The molecule has 2 aliphatic heterocycles. The maximum Gasteiger partial charge on any atom is 0.400 e. The molecule has 0 N–H and O–H groups in total. The molecule has 0 aromatic carbocycles. The Bertz CT molecular complexity index is 1000. The van der Waals surface area contributed by atoms with Gasteiger partial charge in [0, 0.05) is 35.7 Å². The number of nitrogens with zero attached hydrogens (tertiary/aromatic N) is 3. The standard InChI is InChI=1S/C22H30F3N3O2S/c1-13(2)28-17(9-18(26-28)21(3-4-21)22(23,24)25)19-15-7-14(8-16(15)19)27-6-5-20(10-27)11-31(29,30)12-20/h9,13-16,19H,3-8,10-12H2,1-2H3/t14?,15-,16+,19?. The Morgan fingerprint density at radius 3 is 2.29 bits per heavy atom. The molecule has 6 rings (SSSR count). The highest BCUT2D eigenvalue weighted by atomic mass is 32.2. The first kappa shape index (κ1) is 20.5. The number of aromatic nitrogens is 2. The first-order chi connectivity index (χ1) is 14.4. The summed E-state index contributed by atoms with van der Waals surface area (Å²) >= 11 is 0. The largest absolute Gasteiger partial charge is 0.400 e. The zero-order valence-corrected chi connectivity index (χ0v) is 18.8. The summed E-state index contributed by atoms with van der Waals surface area (Å²) in [6, 6.07) is 2.31. The van der Waals surface area contributed by atoms with Gasteiger partial charge in [0.1, 0.15) is 5.41 Å². The number of hydrogen-bond donors (Lipinski definition) is 0. The third-order valence-corrected chi connectivity index (χ3v) is 10.9. The summed E-state index contributed by atoms with van der Waals surface area (Å²) in [5, 5.41) is 4.48. The Morgan fingerprint density at radius 1 is 1.13 bits per heavy atom. The Labute approximate surface area is 181 Å². The van der Waals surface area contributed by atoms with Crippen LogP contribution in [-0.2, 0) is 15.3 Å². The van der Waals surface area contributed by atoms with Crippen LogP contribution in [0.2, 0.25) is 0 Å². The topological polar surface area (TPSA) is 55.2 Å². The van der Waals surface area contributed by atoms with Crippen LogP contribution in [0.5, 0.6) is 0 Å². The van der Waals surface area contributed by atoms with Gasteiger partial charge in [0.2, 0.25) is 0 Å². The average molecular weight is 458 g/mol. The molecule has 0 amide bonds. The van der Waals surface area contributed by atoms with Crippen molar-refractivity contribution in [2.45, 2.75) is 75.5 Å². The van der Waals surface area contributed by atoms with Crippen LogP contribution in [0.15, 0.2) is 6.07 Å². The monoisotopic (exact) mass is 457 g/mol. The van der Waals surface area contributed by atoms with Crippen molar-refractivity contribution in [2.75, 3.05) is 24.6 Å². The molecule has 2 unspecified atom stereocenters. The molecule has 3 heterocycles. The van der Waals surface area contributed by atoms with Crippen molar-refractivity contribution >= 4 is 9.84 Å². The van der Waals surface area contributed by atoms with Crippen LogP contribution in [0.4, 0.5) is 13.2 Å². The molecule has 1 aromatic rings. The summed E-state index contributed by atoms with van der Waals surface area (Å²) in [4.78, 5) is 2.49. The van der Waals surface area contributed by atoms with Gasteiger partial charge in [-0.25, -0.2) is 8.42 Å². The Balaban J connectivity index is 1.16. The second kappa shape index (κ2) is 6.07. The molecular weight excluding hydrogens is 427 g/mol. The first-order valence-electron chi connectivity index (χ1n) is 11.5. The van der Waals surface area contributed by atoms with Crippen molar-refractivity contribution in [1.82, 2.24) is 14.7 Å². The first-order valence-corrected chi connectivity index (χ1v) is 13.4. The molecule has 4 atom stereocenters. The van der Waals surface area contributed by atoms with Crippen LogP contribution in [-0.4, -0.2) is 59.9 Å². The Kier molecular flexibility index (Phi) is 4.02. The minimum Gasteiger partial charge on any atom is -0.300 e. The normalized spacial score (nSPS) is 37.2. The van der Waals surface area contributed by atoms with Crippen LogP contribution in [0.1, 0.15) is 69.3 Å². The lowest BCUT2D eigenvalue weighted by molar-refractivity contribution is -0.161. The number of likely N-dealkylation sites (tertiary alicyclic amines) is 1. The summed E-state index contributed by atoms with van der Waals surface area (Å²) < 4.78 is 66.1. The van der Waals surface area contributed by atoms with Crippen LogP contribution in [0.25, 0.3) is 0 Å². The fourth-order valence-corrected chi connectivity index (χ4v) is 9.32.